The Morgan fingerprint density at radius 3 is 2.08 bits per heavy atom. The first-order chi connectivity index (χ1) is 11.9. The van der Waals surface area contributed by atoms with Crippen molar-refractivity contribution in [2.24, 2.45) is 0 Å². The van der Waals surface area contributed by atoms with Gasteiger partial charge in [0.2, 0.25) is 0 Å². The summed E-state index contributed by atoms with van der Waals surface area (Å²) in [4.78, 5) is 0. The van der Waals surface area contributed by atoms with Crippen LogP contribution >= 0.6 is 0 Å². The van der Waals surface area contributed by atoms with Crippen LogP contribution in [0.1, 0.15) is 0 Å². The van der Waals surface area contributed by atoms with Gasteiger partial charge in [-0.15, -0.1) is 0 Å². The van der Waals surface area contributed by atoms with Crippen LogP contribution in [-0.4, -0.2) is 127 Å². The van der Waals surface area contributed by atoms with Crippen molar-refractivity contribution in [2.75, 3.05) is 24.7 Å². The van der Waals surface area contributed by atoms with Gasteiger partial charge in [0, 0.05) is 10.9 Å². The Hall–Kier alpha value is -0.100. The maximum absolute atomic E-state index is 11.0. The molecule has 1 aliphatic rings. The van der Waals surface area contributed by atoms with Gasteiger partial charge in [0.15, 0.2) is 5.25 Å². The van der Waals surface area contributed by atoms with Crippen LogP contribution < -0.4 is 0 Å². The minimum Gasteiger partial charge on any atom is -0.394 e. The van der Waals surface area contributed by atoms with Gasteiger partial charge in [-0.1, -0.05) is 0 Å². The third-order valence-corrected chi connectivity index (χ3v) is 7.32. The van der Waals surface area contributed by atoms with E-state index in [4.69, 9.17) is 9.66 Å². The second kappa shape index (κ2) is 9.90. The molecule has 0 amide bonds. The second-order valence-corrected chi connectivity index (χ2v) is 9.33. The number of aliphatic hydroxyl groups is 8. The Kier molecular flexibility index (Phi) is 9.12. The molecular formula is C12H25O12S2+. The van der Waals surface area contributed by atoms with E-state index >= 15 is 0 Å². The van der Waals surface area contributed by atoms with Gasteiger partial charge in [0.05, 0.1) is 13.2 Å². The molecule has 1 heterocycles. The zero-order valence-electron chi connectivity index (χ0n) is 13.5. The first-order valence-electron chi connectivity index (χ1n) is 7.55. The Bertz CT molecular complexity index is 530. The molecule has 0 spiro atoms. The minimum atomic E-state index is -5.17. The van der Waals surface area contributed by atoms with Crippen molar-refractivity contribution in [2.45, 2.75) is 48.0 Å². The number of rotatable bonds is 10. The third-order valence-electron chi connectivity index (χ3n) is 4.03. The van der Waals surface area contributed by atoms with E-state index in [1.54, 1.807) is 0 Å². The lowest BCUT2D eigenvalue weighted by atomic mass is 10.0. The van der Waals surface area contributed by atoms with E-state index in [2.05, 4.69) is 4.18 Å². The molecule has 0 aromatic rings. The van der Waals surface area contributed by atoms with Gasteiger partial charge in [-0.2, -0.15) is 8.42 Å². The Morgan fingerprint density at radius 2 is 1.62 bits per heavy atom. The average Bonchev–Trinajstić information content (AvgIpc) is 2.82. The maximum atomic E-state index is 11.0. The minimum absolute atomic E-state index is 0.0139. The smallest absolute Gasteiger partial charge is 0.394 e. The molecule has 26 heavy (non-hydrogen) atoms. The molecule has 9 N–H and O–H groups in total. The van der Waals surface area contributed by atoms with Crippen molar-refractivity contribution in [3.63, 3.8) is 0 Å². The third kappa shape index (κ3) is 6.22. The van der Waals surface area contributed by atoms with Crippen LogP contribution in [0.5, 0.6) is 0 Å². The number of aliphatic hydroxyl groups excluding tert-OH is 8. The molecule has 1 saturated heterocycles. The molecule has 12 nitrogen and oxygen atoms in total. The van der Waals surface area contributed by atoms with E-state index < -0.39 is 82.5 Å². The lowest BCUT2D eigenvalue weighted by molar-refractivity contribution is -0.129. The number of hydrogen-bond acceptors (Lipinski definition) is 11. The van der Waals surface area contributed by atoms with E-state index in [0.717, 1.165) is 0 Å². The summed E-state index contributed by atoms with van der Waals surface area (Å²) in [5.41, 5.74) is 0. The molecule has 1 rings (SSSR count). The molecular weight excluding hydrogens is 400 g/mol. The van der Waals surface area contributed by atoms with Crippen molar-refractivity contribution < 1.29 is 58.0 Å². The summed E-state index contributed by atoms with van der Waals surface area (Å²) in [7, 11) is -6.18. The van der Waals surface area contributed by atoms with Gasteiger partial charge in [-0.3, -0.25) is 4.55 Å². The van der Waals surface area contributed by atoms with Crippen LogP contribution in [0, 0.1) is 0 Å². The van der Waals surface area contributed by atoms with E-state index in [0.29, 0.717) is 0 Å². The maximum Gasteiger partial charge on any atom is 0.397 e. The predicted molar refractivity (Wildman–Crippen MR) is 87.5 cm³/mol. The van der Waals surface area contributed by atoms with Crippen molar-refractivity contribution in [3.8, 4) is 0 Å². The quantitative estimate of drug-likeness (QED) is 0.118. The van der Waals surface area contributed by atoms with Crippen LogP contribution in [0.4, 0.5) is 0 Å². The summed E-state index contributed by atoms with van der Waals surface area (Å²) in [6.07, 6.45) is -12.6. The standard InChI is InChI=1S/C12H24O12S2/c13-1-5(15)10(19)11(20)12(24-26(21,22)23)7(17)4-25-3-6(16)9(18)8(25)2-14/h5-20H,1-4H2/p+1/t5-,6+,7+,8+,9-,10-,11-,12+,25?/m0/s1. The van der Waals surface area contributed by atoms with Crippen molar-refractivity contribution >= 4 is 21.3 Å². The van der Waals surface area contributed by atoms with E-state index in [9.17, 15) is 44.2 Å². The zero-order chi connectivity index (χ0) is 20.2. The Balaban J connectivity index is 2.95. The number of hydrogen-bond donors (Lipinski definition) is 9. The first kappa shape index (κ1) is 23.9. The summed E-state index contributed by atoms with van der Waals surface area (Å²) < 4.78 is 35.0. The first-order valence-corrected chi connectivity index (χ1v) is 10.5. The fraction of sp³-hybridized carbons (Fsp3) is 1.00. The van der Waals surface area contributed by atoms with Gasteiger partial charge >= 0.3 is 10.4 Å². The van der Waals surface area contributed by atoms with Crippen LogP contribution in [-0.2, 0) is 25.5 Å². The topological polar surface area (TPSA) is 225 Å². The lowest BCUT2D eigenvalue weighted by Gasteiger charge is -2.30. The molecule has 0 aromatic heterocycles. The largest absolute Gasteiger partial charge is 0.397 e. The Labute approximate surface area is 152 Å². The molecule has 1 unspecified atom stereocenters. The Morgan fingerprint density at radius 1 is 1.04 bits per heavy atom. The van der Waals surface area contributed by atoms with E-state index in [-0.39, 0.29) is 11.5 Å². The van der Waals surface area contributed by atoms with Crippen molar-refractivity contribution in [1.82, 2.24) is 0 Å². The molecule has 1 fully saturated rings. The zero-order valence-corrected chi connectivity index (χ0v) is 15.1. The normalized spacial score (nSPS) is 32.8. The summed E-state index contributed by atoms with van der Waals surface area (Å²) in [6, 6.07) is 0. The van der Waals surface area contributed by atoms with Crippen molar-refractivity contribution in [3.05, 3.63) is 0 Å². The highest BCUT2D eigenvalue weighted by atomic mass is 32.3. The molecule has 1 aliphatic heterocycles. The fourth-order valence-electron chi connectivity index (χ4n) is 2.62. The summed E-state index contributed by atoms with van der Waals surface area (Å²) in [5, 5.41) is 76.0. The SMILES string of the molecule is O=S(=O)(O)O[C@@H]([C@@H](O)[C@@H](O)[C@@H](O)CO)[C@H](O)C[S+]1C[C@@H](O)[C@H](O)[C@H]1CO. The molecule has 0 bridgehead atoms. The van der Waals surface area contributed by atoms with E-state index in [1.165, 1.54) is 0 Å². The van der Waals surface area contributed by atoms with Gasteiger partial charge in [-0.05, 0) is 0 Å². The molecule has 0 aromatic carbocycles. The van der Waals surface area contributed by atoms with Gasteiger partial charge < -0.3 is 40.9 Å². The summed E-state index contributed by atoms with van der Waals surface area (Å²) in [5.74, 6) is -0.363. The van der Waals surface area contributed by atoms with Gasteiger partial charge in [0.1, 0.15) is 54.2 Å². The van der Waals surface area contributed by atoms with E-state index in [1.807, 2.05) is 0 Å². The van der Waals surface area contributed by atoms with Crippen LogP contribution in [0.25, 0.3) is 0 Å². The van der Waals surface area contributed by atoms with Crippen LogP contribution in [0.3, 0.4) is 0 Å². The average molecular weight is 425 g/mol. The van der Waals surface area contributed by atoms with Crippen molar-refractivity contribution in [1.29, 1.82) is 0 Å². The monoisotopic (exact) mass is 425 g/mol. The van der Waals surface area contributed by atoms with Gasteiger partial charge in [-0.25, -0.2) is 4.18 Å². The second-order valence-electron chi connectivity index (χ2n) is 5.94. The van der Waals surface area contributed by atoms with Crippen LogP contribution in [0.2, 0.25) is 0 Å². The highest BCUT2D eigenvalue weighted by molar-refractivity contribution is 7.97. The fourth-order valence-corrected chi connectivity index (χ4v) is 5.83. The highest BCUT2D eigenvalue weighted by Crippen LogP contribution is 2.26. The summed E-state index contributed by atoms with van der Waals surface area (Å²) >= 11 is 0. The molecule has 0 aliphatic carbocycles. The molecule has 14 heteroatoms. The molecule has 156 valence electrons. The van der Waals surface area contributed by atoms with Gasteiger partial charge in [0.25, 0.3) is 0 Å². The molecule has 0 radical (unpaired) electrons. The van der Waals surface area contributed by atoms with Crippen LogP contribution in [0.15, 0.2) is 0 Å². The molecule has 0 saturated carbocycles. The summed E-state index contributed by atoms with van der Waals surface area (Å²) in [6.45, 7) is -1.51. The predicted octanol–water partition coefficient (Wildman–Crippen LogP) is -5.68. The molecule has 9 atom stereocenters. The highest BCUT2D eigenvalue weighted by Gasteiger charge is 2.52. The lowest BCUT2D eigenvalue weighted by Crippen LogP contribution is -2.53.